The predicted molar refractivity (Wildman–Crippen MR) is 90.0 cm³/mol. The van der Waals surface area contributed by atoms with E-state index in [0.29, 0.717) is 18.8 Å². The fraction of sp³-hybridized carbons (Fsp3) is 0.316. The largest absolute Gasteiger partial charge is 0.494 e. The van der Waals surface area contributed by atoms with Crippen LogP contribution < -0.4 is 19.1 Å². The lowest BCUT2D eigenvalue weighted by molar-refractivity contribution is -0.118. The molecule has 0 fully saturated rings. The summed E-state index contributed by atoms with van der Waals surface area (Å²) in [7, 11) is 1.80. The molecule has 0 saturated heterocycles. The molecular formula is C19H19NO4. The van der Waals surface area contributed by atoms with Gasteiger partial charge >= 0.3 is 0 Å². The molecule has 5 nitrogen and oxygen atoms in total. The molecule has 5 heteroatoms. The molecule has 2 aliphatic rings. The van der Waals surface area contributed by atoms with Gasteiger partial charge < -0.3 is 19.1 Å². The van der Waals surface area contributed by atoms with E-state index in [9.17, 15) is 4.79 Å². The maximum atomic E-state index is 12.5. The number of hydrogen-bond acceptors (Lipinski definition) is 4. The van der Waals surface area contributed by atoms with Gasteiger partial charge in [0.25, 0.3) is 0 Å². The first-order valence-corrected chi connectivity index (χ1v) is 8.11. The molecule has 0 saturated carbocycles. The first-order valence-electron chi connectivity index (χ1n) is 8.11. The SMILES string of the molecule is CCOc1ccccc1C1CC(=O)N(C)c2cc3c(cc21)OCO3. The van der Waals surface area contributed by atoms with Crippen molar-refractivity contribution in [1.82, 2.24) is 0 Å². The fourth-order valence-electron chi connectivity index (χ4n) is 3.41. The van der Waals surface area contributed by atoms with Crippen LogP contribution in [0.4, 0.5) is 5.69 Å². The monoisotopic (exact) mass is 325 g/mol. The molecule has 24 heavy (non-hydrogen) atoms. The lowest BCUT2D eigenvalue weighted by Crippen LogP contribution is -2.33. The van der Waals surface area contributed by atoms with Gasteiger partial charge in [-0.3, -0.25) is 4.79 Å². The molecule has 0 N–H and O–H groups in total. The van der Waals surface area contributed by atoms with Gasteiger partial charge in [-0.1, -0.05) is 18.2 Å². The maximum absolute atomic E-state index is 12.5. The molecule has 1 atom stereocenters. The smallest absolute Gasteiger partial charge is 0.231 e. The lowest BCUT2D eigenvalue weighted by Gasteiger charge is -2.32. The van der Waals surface area contributed by atoms with Crippen LogP contribution in [-0.4, -0.2) is 26.4 Å². The summed E-state index contributed by atoms with van der Waals surface area (Å²) in [6.45, 7) is 2.77. The Hall–Kier alpha value is -2.69. The summed E-state index contributed by atoms with van der Waals surface area (Å²) in [5.74, 6) is 2.27. The highest BCUT2D eigenvalue weighted by atomic mass is 16.7. The van der Waals surface area contributed by atoms with Gasteiger partial charge in [0.15, 0.2) is 11.5 Å². The Morgan fingerprint density at radius 1 is 1.17 bits per heavy atom. The minimum Gasteiger partial charge on any atom is -0.494 e. The third-order valence-electron chi connectivity index (χ3n) is 4.61. The van der Waals surface area contributed by atoms with E-state index in [0.717, 1.165) is 28.3 Å². The number of amides is 1. The van der Waals surface area contributed by atoms with Gasteiger partial charge in [0.1, 0.15) is 5.75 Å². The number of fused-ring (bicyclic) bond motifs is 2. The molecule has 2 aliphatic heterocycles. The number of anilines is 1. The molecule has 0 spiro atoms. The molecule has 2 aromatic carbocycles. The van der Waals surface area contributed by atoms with E-state index in [4.69, 9.17) is 14.2 Å². The first kappa shape index (κ1) is 14.9. The van der Waals surface area contributed by atoms with Gasteiger partial charge in [-0.15, -0.1) is 0 Å². The van der Waals surface area contributed by atoms with Gasteiger partial charge in [0, 0.05) is 31.0 Å². The molecule has 0 aliphatic carbocycles. The Kier molecular flexibility index (Phi) is 3.56. The summed E-state index contributed by atoms with van der Waals surface area (Å²) in [6.07, 6.45) is 0.410. The average Bonchev–Trinajstić information content (AvgIpc) is 3.05. The van der Waals surface area contributed by atoms with Crippen molar-refractivity contribution in [2.75, 3.05) is 25.3 Å². The predicted octanol–water partition coefficient (Wildman–Crippen LogP) is 3.31. The molecule has 2 heterocycles. The van der Waals surface area contributed by atoms with Gasteiger partial charge in [0.2, 0.25) is 12.7 Å². The van der Waals surface area contributed by atoms with Crippen LogP contribution in [0.5, 0.6) is 17.2 Å². The second-order valence-electron chi connectivity index (χ2n) is 5.94. The zero-order valence-corrected chi connectivity index (χ0v) is 13.7. The highest BCUT2D eigenvalue weighted by Gasteiger charge is 2.34. The molecule has 0 radical (unpaired) electrons. The third kappa shape index (κ3) is 2.28. The lowest BCUT2D eigenvalue weighted by atomic mass is 9.83. The topological polar surface area (TPSA) is 48.0 Å². The number of hydrogen-bond donors (Lipinski definition) is 0. The summed E-state index contributed by atoms with van der Waals surface area (Å²) < 4.78 is 16.8. The van der Waals surface area contributed by atoms with Crippen molar-refractivity contribution in [1.29, 1.82) is 0 Å². The zero-order chi connectivity index (χ0) is 16.7. The molecular weight excluding hydrogens is 306 g/mol. The standard InChI is InChI=1S/C19H19NO4/c1-3-22-16-7-5-4-6-12(16)13-9-19(21)20(2)15-10-18-17(8-14(13)15)23-11-24-18/h4-8,10,13H,3,9,11H2,1-2H3. The second kappa shape index (κ2) is 5.74. The minimum atomic E-state index is -0.0547. The number of rotatable bonds is 3. The zero-order valence-electron chi connectivity index (χ0n) is 13.7. The van der Waals surface area contributed by atoms with Crippen molar-refractivity contribution in [3.63, 3.8) is 0 Å². The van der Waals surface area contributed by atoms with Crippen LogP contribution in [-0.2, 0) is 4.79 Å². The number of ether oxygens (including phenoxy) is 3. The van der Waals surface area contributed by atoms with E-state index < -0.39 is 0 Å². The Morgan fingerprint density at radius 3 is 2.71 bits per heavy atom. The molecule has 0 bridgehead atoms. The van der Waals surface area contributed by atoms with Crippen molar-refractivity contribution in [2.24, 2.45) is 0 Å². The van der Waals surface area contributed by atoms with Crippen LogP contribution in [0.3, 0.4) is 0 Å². The van der Waals surface area contributed by atoms with Crippen molar-refractivity contribution in [2.45, 2.75) is 19.3 Å². The van der Waals surface area contributed by atoms with Gasteiger partial charge in [-0.05, 0) is 24.6 Å². The van der Waals surface area contributed by atoms with Crippen LogP contribution in [0.2, 0.25) is 0 Å². The van der Waals surface area contributed by atoms with E-state index in [2.05, 4.69) is 0 Å². The second-order valence-corrected chi connectivity index (χ2v) is 5.94. The Labute approximate surface area is 140 Å². The van der Waals surface area contributed by atoms with Crippen molar-refractivity contribution in [3.05, 3.63) is 47.5 Å². The molecule has 1 amide bonds. The number of carbonyl (C=O) groups is 1. The summed E-state index contributed by atoms with van der Waals surface area (Å²) in [4.78, 5) is 14.2. The Balaban J connectivity index is 1.87. The molecule has 4 rings (SSSR count). The molecule has 1 unspecified atom stereocenters. The van der Waals surface area contributed by atoms with E-state index in [1.807, 2.05) is 43.3 Å². The normalized spacial score (nSPS) is 18.5. The summed E-state index contributed by atoms with van der Waals surface area (Å²) in [5.41, 5.74) is 2.96. The van der Waals surface area contributed by atoms with Crippen molar-refractivity contribution in [3.8, 4) is 17.2 Å². The number of nitrogens with zero attached hydrogens (tertiary/aromatic N) is 1. The fourth-order valence-corrected chi connectivity index (χ4v) is 3.41. The van der Waals surface area contributed by atoms with Gasteiger partial charge in [0.05, 0.1) is 12.3 Å². The highest BCUT2D eigenvalue weighted by Crippen LogP contribution is 2.47. The third-order valence-corrected chi connectivity index (χ3v) is 4.61. The van der Waals surface area contributed by atoms with E-state index in [-0.39, 0.29) is 18.6 Å². The van der Waals surface area contributed by atoms with Crippen molar-refractivity contribution >= 4 is 11.6 Å². The number of benzene rings is 2. The van der Waals surface area contributed by atoms with Crippen LogP contribution in [0, 0.1) is 0 Å². The van der Waals surface area contributed by atoms with E-state index in [1.165, 1.54) is 0 Å². The summed E-state index contributed by atoms with van der Waals surface area (Å²) in [5, 5.41) is 0. The van der Waals surface area contributed by atoms with E-state index in [1.54, 1.807) is 11.9 Å². The van der Waals surface area contributed by atoms with Gasteiger partial charge in [-0.25, -0.2) is 0 Å². The number of carbonyl (C=O) groups excluding carboxylic acids is 1. The van der Waals surface area contributed by atoms with Crippen LogP contribution in [0.25, 0.3) is 0 Å². The summed E-state index contributed by atoms with van der Waals surface area (Å²) in [6, 6.07) is 11.8. The Bertz CT molecular complexity index is 802. The minimum absolute atomic E-state index is 0.0547. The summed E-state index contributed by atoms with van der Waals surface area (Å²) >= 11 is 0. The molecule has 0 aromatic heterocycles. The van der Waals surface area contributed by atoms with Crippen LogP contribution in [0.15, 0.2) is 36.4 Å². The first-order chi connectivity index (χ1) is 11.7. The molecule has 2 aromatic rings. The quantitative estimate of drug-likeness (QED) is 0.869. The van der Waals surface area contributed by atoms with Gasteiger partial charge in [-0.2, -0.15) is 0 Å². The van der Waals surface area contributed by atoms with Crippen LogP contribution >= 0.6 is 0 Å². The number of para-hydroxylation sites is 1. The van der Waals surface area contributed by atoms with Crippen LogP contribution in [0.1, 0.15) is 30.4 Å². The maximum Gasteiger partial charge on any atom is 0.231 e. The average molecular weight is 325 g/mol. The van der Waals surface area contributed by atoms with Crippen molar-refractivity contribution < 1.29 is 19.0 Å². The molecule has 124 valence electrons. The van der Waals surface area contributed by atoms with E-state index >= 15 is 0 Å². The Morgan fingerprint density at radius 2 is 1.92 bits per heavy atom. The highest BCUT2D eigenvalue weighted by molar-refractivity contribution is 5.98.